The summed E-state index contributed by atoms with van der Waals surface area (Å²) in [5.74, 6) is 0.325. The van der Waals surface area contributed by atoms with E-state index in [1.54, 1.807) is 18.7 Å². The Kier molecular flexibility index (Phi) is 5.02. The van der Waals surface area contributed by atoms with Crippen LogP contribution in [0.2, 0.25) is 0 Å². The van der Waals surface area contributed by atoms with E-state index in [9.17, 15) is 5.11 Å². The zero-order valence-electron chi connectivity index (χ0n) is 15.3. The smallest absolute Gasteiger partial charge is 0.110 e. The fourth-order valence-electron chi connectivity index (χ4n) is 4.18. The van der Waals surface area contributed by atoms with Crippen LogP contribution < -0.4 is 0 Å². The van der Waals surface area contributed by atoms with E-state index >= 15 is 0 Å². The summed E-state index contributed by atoms with van der Waals surface area (Å²) in [5.41, 5.74) is 2.34. The molecule has 2 aliphatic heterocycles. The van der Waals surface area contributed by atoms with Crippen molar-refractivity contribution in [3.8, 4) is 11.4 Å². The number of aromatic nitrogens is 4. The van der Waals surface area contributed by atoms with Crippen molar-refractivity contribution in [2.45, 2.75) is 37.2 Å². The molecule has 2 fully saturated rings. The summed E-state index contributed by atoms with van der Waals surface area (Å²) in [4.78, 5) is 15.9. The second-order valence-electron chi connectivity index (χ2n) is 7.59. The number of hydrogen-bond donors (Lipinski definition) is 1. The van der Waals surface area contributed by atoms with Gasteiger partial charge in [-0.3, -0.25) is 14.9 Å². The van der Waals surface area contributed by atoms with Crippen LogP contribution in [0.25, 0.3) is 11.4 Å². The maximum Gasteiger partial charge on any atom is 0.110 e. The van der Waals surface area contributed by atoms with Gasteiger partial charge in [0.15, 0.2) is 0 Å². The fraction of sp³-hybridized carbons (Fsp3) is 0.632. The molecule has 2 aromatic heterocycles. The van der Waals surface area contributed by atoms with E-state index in [0.717, 1.165) is 55.9 Å². The molecule has 1 N–H and O–H groups in total. The first-order valence-corrected chi connectivity index (χ1v) is 9.45. The number of ether oxygens (including phenoxy) is 1. The van der Waals surface area contributed by atoms with Crippen LogP contribution in [0.3, 0.4) is 0 Å². The SMILES string of the molecule is Cn1cncc1-c1nccnc1[C@@H]1CCCN(CC2(O)CCOCC2)C1. The Bertz CT molecular complexity index is 741. The molecule has 4 heterocycles. The van der Waals surface area contributed by atoms with Crippen LogP contribution in [0, 0.1) is 0 Å². The molecule has 26 heavy (non-hydrogen) atoms. The molecule has 0 amide bonds. The second-order valence-corrected chi connectivity index (χ2v) is 7.59. The summed E-state index contributed by atoms with van der Waals surface area (Å²) in [6, 6.07) is 0. The molecule has 0 aromatic carbocycles. The van der Waals surface area contributed by atoms with Gasteiger partial charge < -0.3 is 14.4 Å². The minimum absolute atomic E-state index is 0.325. The molecule has 0 bridgehead atoms. The number of aryl methyl sites for hydroxylation is 1. The molecule has 2 saturated heterocycles. The van der Waals surface area contributed by atoms with Gasteiger partial charge in [-0.1, -0.05) is 0 Å². The number of β-amino-alcohol motifs (C(OH)–C–C–N with tert-alkyl or cyclic N) is 1. The van der Waals surface area contributed by atoms with Gasteiger partial charge in [0.25, 0.3) is 0 Å². The zero-order valence-corrected chi connectivity index (χ0v) is 15.3. The van der Waals surface area contributed by atoms with E-state index in [1.165, 1.54) is 0 Å². The number of piperidine rings is 1. The van der Waals surface area contributed by atoms with Crippen LogP contribution in [0.5, 0.6) is 0 Å². The molecule has 2 aliphatic rings. The molecule has 0 unspecified atom stereocenters. The Balaban J connectivity index is 1.53. The van der Waals surface area contributed by atoms with Gasteiger partial charge in [0, 0.05) is 64.5 Å². The third kappa shape index (κ3) is 3.65. The first kappa shape index (κ1) is 17.6. The molecule has 7 nitrogen and oxygen atoms in total. The summed E-state index contributed by atoms with van der Waals surface area (Å²) < 4.78 is 7.39. The molecule has 0 spiro atoms. The number of imidazole rings is 1. The Morgan fingerprint density at radius 3 is 2.85 bits per heavy atom. The molecular formula is C19H27N5O2. The van der Waals surface area contributed by atoms with Crippen molar-refractivity contribution < 1.29 is 9.84 Å². The highest BCUT2D eigenvalue weighted by molar-refractivity contribution is 5.57. The van der Waals surface area contributed by atoms with Crippen molar-refractivity contribution in [3.05, 3.63) is 30.6 Å². The molecular weight excluding hydrogens is 330 g/mol. The highest BCUT2D eigenvalue weighted by Crippen LogP contribution is 2.33. The van der Waals surface area contributed by atoms with Crippen LogP contribution in [-0.4, -0.2) is 68.0 Å². The summed E-state index contributed by atoms with van der Waals surface area (Å²) >= 11 is 0. The van der Waals surface area contributed by atoms with Crippen molar-refractivity contribution >= 4 is 0 Å². The molecule has 0 saturated carbocycles. The van der Waals surface area contributed by atoms with E-state index in [4.69, 9.17) is 4.74 Å². The van der Waals surface area contributed by atoms with Crippen molar-refractivity contribution in [3.63, 3.8) is 0 Å². The van der Waals surface area contributed by atoms with Crippen LogP contribution in [-0.2, 0) is 11.8 Å². The Hall–Kier alpha value is -1.83. The highest BCUT2D eigenvalue weighted by Gasteiger charge is 2.34. The van der Waals surface area contributed by atoms with E-state index in [-0.39, 0.29) is 0 Å². The molecule has 0 radical (unpaired) electrons. The topological polar surface area (TPSA) is 76.3 Å². The molecule has 0 aliphatic carbocycles. The van der Waals surface area contributed by atoms with Crippen molar-refractivity contribution in [1.82, 2.24) is 24.4 Å². The Labute approximate surface area is 154 Å². The average Bonchev–Trinajstić information content (AvgIpc) is 3.08. The van der Waals surface area contributed by atoms with Crippen LogP contribution in [0.1, 0.15) is 37.3 Å². The number of nitrogens with zero attached hydrogens (tertiary/aromatic N) is 5. The van der Waals surface area contributed by atoms with Gasteiger partial charge in [-0.15, -0.1) is 0 Å². The third-order valence-electron chi connectivity index (χ3n) is 5.62. The van der Waals surface area contributed by atoms with Crippen LogP contribution in [0.15, 0.2) is 24.9 Å². The number of rotatable bonds is 4. The average molecular weight is 357 g/mol. The number of likely N-dealkylation sites (tertiary alicyclic amines) is 1. The minimum Gasteiger partial charge on any atom is -0.388 e. The lowest BCUT2D eigenvalue weighted by Crippen LogP contribution is -2.49. The van der Waals surface area contributed by atoms with Gasteiger partial charge in [-0.25, -0.2) is 4.98 Å². The predicted molar refractivity (Wildman–Crippen MR) is 97.7 cm³/mol. The van der Waals surface area contributed by atoms with Crippen LogP contribution >= 0.6 is 0 Å². The largest absolute Gasteiger partial charge is 0.388 e. The summed E-state index contributed by atoms with van der Waals surface area (Å²) in [6.45, 7) is 3.97. The van der Waals surface area contributed by atoms with E-state index in [2.05, 4.69) is 19.9 Å². The Morgan fingerprint density at radius 2 is 2.08 bits per heavy atom. The monoisotopic (exact) mass is 357 g/mol. The molecule has 4 rings (SSSR count). The highest BCUT2D eigenvalue weighted by atomic mass is 16.5. The summed E-state index contributed by atoms with van der Waals surface area (Å²) in [5, 5.41) is 10.9. The summed E-state index contributed by atoms with van der Waals surface area (Å²) in [6.07, 6.45) is 10.8. The zero-order chi connectivity index (χ0) is 18.0. The quantitative estimate of drug-likeness (QED) is 0.896. The standard InChI is InChI=1S/C19H27N5O2/c1-23-14-20-11-16(23)18-17(21-6-7-22-18)15-3-2-8-24(12-15)13-19(25)4-9-26-10-5-19/h6-7,11,14-15,25H,2-5,8-10,12-13H2,1H3/t15-/m1/s1. The lowest BCUT2D eigenvalue weighted by molar-refractivity contribution is -0.0824. The third-order valence-corrected chi connectivity index (χ3v) is 5.62. The van der Waals surface area contributed by atoms with E-state index in [1.807, 2.05) is 17.8 Å². The maximum absolute atomic E-state index is 10.9. The van der Waals surface area contributed by atoms with Gasteiger partial charge >= 0.3 is 0 Å². The minimum atomic E-state index is -0.618. The van der Waals surface area contributed by atoms with Crippen LogP contribution in [0.4, 0.5) is 0 Å². The summed E-state index contributed by atoms with van der Waals surface area (Å²) in [7, 11) is 1.98. The van der Waals surface area contributed by atoms with Crippen molar-refractivity contribution in [1.29, 1.82) is 0 Å². The predicted octanol–water partition coefficient (Wildman–Crippen LogP) is 1.60. The Morgan fingerprint density at radius 1 is 1.27 bits per heavy atom. The normalized spacial score (nSPS) is 23.8. The van der Waals surface area contributed by atoms with Gasteiger partial charge in [-0.2, -0.15) is 0 Å². The first-order valence-electron chi connectivity index (χ1n) is 9.45. The number of hydrogen-bond acceptors (Lipinski definition) is 6. The molecule has 2 aromatic rings. The second kappa shape index (κ2) is 7.42. The molecule has 7 heteroatoms. The molecule has 140 valence electrons. The van der Waals surface area contributed by atoms with Gasteiger partial charge in [-0.05, 0) is 19.4 Å². The molecule has 1 atom stereocenters. The van der Waals surface area contributed by atoms with Crippen molar-refractivity contribution in [2.24, 2.45) is 7.05 Å². The first-order chi connectivity index (χ1) is 12.6. The van der Waals surface area contributed by atoms with Gasteiger partial charge in [0.2, 0.25) is 0 Å². The lowest BCUT2D eigenvalue weighted by atomic mass is 9.89. The van der Waals surface area contributed by atoms with E-state index < -0.39 is 5.60 Å². The van der Waals surface area contributed by atoms with Gasteiger partial charge in [0.1, 0.15) is 5.69 Å². The van der Waals surface area contributed by atoms with E-state index in [0.29, 0.717) is 25.7 Å². The lowest BCUT2D eigenvalue weighted by Gasteiger charge is -2.40. The fourth-order valence-corrected chi connectivity index (χ4v) is 4.18. The number of aliphatic hydroxyl groups is 1. The van der Waals surface area contributed by atoms with Gasteiger partial charge in [0.05, 0.1) is 29.5 Å². The maximum atomic E-state index is 10.9. The van der Waals surface area contributed by atoms with Crippen molar-refractivity contribution in [2.75, 3.05) is 32.8 Å².